The highest BCUT2D eigenvalue weighted by atomic mass is 35.5. The van der Waals surface area contributed by atoms with Crippen LogP contribution in [-0.2, 0) is 10.7 Å². The zero-order valence-electron chi connectivity index (χ0n) is 10.8. The van der Waals surface area contributed by atoms with E-state index in [0.717, 1.165) is 22.6 Å². The summed E-state index contributed by atoms with van der Waals surface area (Å²) in [5.74, 6) is 0.911. The molecule has 2 aromatic carbocycles. The molecule has 1 atom stereocenters. The van der Waals surface area contributed by atoms with Crippen molar-refractivity contribution in [2.24, 2.45) is 0 Å². The summed E-state index contributed by atoms with van der Waals surface area (Å²) in [6.45, 7) is 0.389. The number of amides is 1. The Kier molecular flexibility index (Phi) is 3.61. The van der Waals surface area contributed by atoms with Gasteiger partial charge in [0.2, 0.25) is 5.91 Å². The van der Waals surface area contributed by atoms with Gasteiger partial charge in [-0.2, -0.15) is 0 Å². The molecule has 1 amide bonds. The summed E-state index contributed by atoms with van der Waals surface area (Å²) in [6, 6.07) is 15.2. The van der Waals surface area contributed by atoms with Crippen molar-refractivity contribution in [3.8, 4) is 5.75 Å². The van der Waals surface area contributed by atoms with Gasteiger partial charge in [0, 0.05) is 17.1 Å². The van der Waals surface area contributed by atoms with Gasteiger partial charge in [-0.3, -0.25) is 4.79 Å². The lowest BCUT2D eigenvalue weighted by atomic mass is 10.0. The normalized spacial score (nSPS) is 16.4. The van der Waals surface area contributed by atoms with Gasteiger partial charge < -0.3 is 10.1 Å². The quantitative estimate of drug-likeness (QED) is 0.877. The van der Waals surface area contributed by atoms with Crippen molar-refractivity contribution in [2.45, 2.75) is 11.8 Å². The van der Waals surface area contributed by atoms with E-state index in [4.69, 9.17) is 16.3 Å². The molecule has 0 saturated carbocycles. The molecule has 1 unspecified atom stereocenters. The molecule has 0 aromatic heterocycles. The molecule has 0 fully saturated rings. The zero-order valence-corrected chi connectivity index (χ0v) is 11.6. The molecule has 4 heteroatoms. The lowest BCUT2D eigenvalue weighted by Crippen LogP contribution is -2.22. The van der Waals surface area contributed by atoms with E-state index in [0.29, 0.717) is 12.5 Å². The van der Waals surface area contributed by atoms with Crippen LogP contribution in [0, 0.1) is 0 Å². The first-order valence-electron chi connectivity index (χ1n) is 6.45. The van der Waals surface area contributed by atoms with Gasteiger partial charge >= 0.3 is 0 Å². The Morgan fingerprint density at radius 1 is 1.25 bits per heavy atom. The van der Waals surface area contributed by atoms with Gasteiger partial charge in [-0.25, -0.2) is 0 Å². The number of halogens is 1. The van der Waals surface area contributed by atoms with Crippen LogP contribution in [0.2, 0.25) is 0 Å². The van der Waals surface area contributed by atoms with Crippen LogP contribution in [-0.4, -0.2) is 12.5 Å². The Bertz CT molecular complexity index is 642. The number of benzene rings is 2. The Labute approximate surface area is 122 Å². The molecule has 102 valence electrons. The van der Waals surface area contributed by atoms with E-state index < -0.39 is 0 Å². The monoisotopic (exact) mass is 287 g/mol. The number of hydrogen-bond acceptors (Lipinski definition) is 2. The number of rotatable bonds is 3. The highest BCUT2D eigenvalue weighted by molar-refractivity contribution is 6.17. The molecule has 1 aliphatic heterocycles. The molecular weight excluding hydrogens is 274 g/mol. The third kappa shape index (κ3) is 2.49. The third-order valence-electron chi connectivity index (χ3n) is 3.37. The minimum atomic E-state index is -0.258. The van der Waals surface area contributed by atoms with E-state index in [1.165, 1.54) is 0 Å². The second kappa shape index (κ2) is 5.55. The number of nitrogens with one attached hydrogen (secondary N) is 1. The number of carbonyl (C=O) groups excluding carboxylic acids is 1. The number of fused-ring (bicyclic) bond motifs is 1. The molecule has 3 rings (SSSR count). The molecule has 20 heavy (non-hydrogen) atoms. The average molecular weight is 288 g/mol. The first-order chi connectivity index (χ1) is 9.78. The molecule has 0 radical (unpaired) electrons. The summed E-state index contributed by atoms with van der Waals surface area (Å²) in [4.78, 5) is 12.4. The van der Waals surface area contributed by atoms with Crippen molar-refractivity contribution >= 4 is 23.2 Å². The third-order valence-corrected chi connectivity index (χ3v) is 3.67. The topological polar surface area (TPSA) is 38.3 Å². The Hall–Kier alpha value is -2.00. The standard InChI is InChI=1S/C16H14ClNO2/c17-9-11-4-3-5-12(8-11)18-16(19)14-10-20-15-7-2-1-6-13(14)15/h1-8,14H,9-10H2,(H,18,19). The highest BCUT2D eigenvalue weighted by Crippen LogP contribution is 2.34. The minimum absolute atomic E-state index is 0.0540. The lowest BCUT2D eigenvalue weighted by molar-refractivity contribution is -0.117. The Morgan fingerprint density at radius 2 is 2.10 bits per heavy atom. The minimum Gasteiger partial charge on any atom is -0.492 e. The van der Waals surface area contributed by atoms with Crippen LogP contribution in [0.15, 0.2) is 48.5 Å². The molecule has 1 heterocycles. The molecule has 3 nitrogen and oxygen atoms in total. The molecule has 0 bridgehead atoms. The number of para-hydroxylation sites is 1. The van der Waals surface area contributed by atoms with Crippen LogP contribution in [0.1, 0.15) is 17.0 Å². The fraction of sp³-hybridized carbons (Fsp3) is 0.188. The number of anilines is 1. The first-order valence-corrected chi connectivity index (χ1v) is 6.99. The van der Waals surface area contributed by atoms with Crippen molar-refractivity contribution in [1.82, 2.24) is 0 Å². The summed E-state index contributed by atoms with van der Waals surface area (Å²) >= 11 is 5.80. The van der Waals surface area contributed by atoms with Crippen LogP contribution >= 0.6 is 11.6 Å². The molecular formula is C16H14ClNO2. The van der Waals surface area contributed by atoms with E-state index in [1.54, 1.807) is 0 Å². The second-order valence-electron chi connectivity index (χ2n) is 4.72. The number of alkyl halides is 1. The van der Waals surface area contributed by atoms with Crippen LogP contribution < -0.4 is 10.1 Å². The van der Waals surface area contributed by atoms with Crippen LogP contribution in [0.5, 0.6) is 5.75 Å². The maximum Gasteiger partial charge on any atom is 0.235 e. The number of ether oxygens (including phenoxy) is 1. The fourth-order valence-corrected chi connectivity index (χ4v) is 2.51. The maximum absolute atomic E-state index is 12.4. The predicted octanol–water partition coefficient (Wildman–Crippen LogP) is 3.54. The molecule has 1 aliphatic rings. The molecule has 0 saturated heterocycles. The first kappa shape index (κ1) is 13.0. The van der Waals surface area contributed by atoms with E-state index in [2.05, 4.69) is 5.32 Å². The van der Waals surface area contributed by atoms with Gasteiger partial charge in [0.15, 0.2) is 0 Å². The van der Waals surface area contributed by atoms with E-state index in [-0.39, 0.29) is 11.8 Å². The summed E-state index contributed by atoms with van der Waals surface area (Å²) in [7, 11) is 0. The largest absolute Gasteiger partial charge is 0.492 e. The van der Waals surface area contributed by atoms with Gasteiger partial charge in [0.05, 0.1) is 0 Å². The fourth-order valence-electron chi connectivity index (χ4n) is 2.34. The van der Waals surface area contributed by atoms with Gasteiger partial charge in [0.1, 0.15) is 18.3 Å². The lowest BCUT2D eigenvalue weighted by Gasteiger charge is -2.11. The molecule has 0 aliphatic carbocycles. The van der Waals surface area contributed by atoms with Crippen LogP contribution in [0.4, 0.5) is 5.69 Å². The molecule has 0 spiro atoms. The zero-order chi connectivity index (χ0) is 13.9. The van der Waals surface area contributed by atoms with Gasteiger partial charge in [-0.15, -0.1) is 11.6 Å². The van der Waals surface area contributed by atoms with Crippen molar-refractivity contribution in [3.05, 3.63) is 59.7 Å². The van der Waals surface area contributed by atoms with Crippen molar-refractivity contribution < 1.29 is 9.53 Å². The van der Waals surface area contributed by atoms with E-state index in [1.807, 2.05) is 48.5 Å². The van der Waals surface area contributed by atoms with Gasteiger partial charge in [-0.1, -0.05) is 30.3 Å². The van der Waals surface area contributed by atoms with Crippen molar-refractivity contribution in [3.63, 3.8) is 0 Å². The predicted molar refractivity (Wildman–Crippen MR) is 79.3 cm³/mol. The van der Waals surface area contributed by atoms with Crippen molar-refractivity contribution in [2.75, 3.05) is 11.9 Å². The van der Waals surface area contributed by atoms with Crippen LogP contribution in [0.25, 0.3) is 0 Å². The maximum atomic E-state index is 12.4. The second-order valence-corrected chi connectivity index (χ2v) is 4.99. The molecule has 1 N–H and O–H groups in total. The van der Waals surface area contributed by atoms with E-state index >= 15 is 0 Å². The summed E-state index contributed by atoms with van der Waals surface area (Å²) in [5.41, 5.74) is 2.68. The summed E-state index contributed by atoms with van der Waals surface area (Å²) < 4.78 is 5.53. The highest BCUT2D eigenvalue weighted by Gasteiger charge is 2.29. The van der Waals surface area contributed by atoms with Crippen molar-refractivity contribution in [1.29, 1.82) is 0 Å². The number of hydrogen-bond donors (Lipinski definition) is 1. The van der Waals surface area contributed by atoms with Crippen LogP contribution in [0.3, 0.4) is 0 Å². The molecule has 2 aromatic rings. The Balaban J connectivity index is 1.77. The van der Waals surface area contributed by atoms with Gasteiger partial charge in [0.25, 0.3) is 0 Å². The smallest absolute Gasteiger partial charge is 0.235 e. The Morgan fingerprint density at radius 3 is 2.95 bits per heavy atom. The summed E-state index contributed by atoms with van der Waals surface area (Å²) in [5, 5.41) is 2.92. The SMILES string of the molecule is O=C(Nc1cccc(CCl)c1)C1COc2ccccc21. The van der Waals surface area contributed by atoms with E-state index in [9.17, 15) is 4.79 Å². The average Bonchev–Trinajstić information content (AvgIpc) is 2.91. The van der Waals surface area contributed by atoms with Gasteiger partial charge in [-0.05, 0) is 23.8 Å². The number of carbonyl (C=O) groups is 1. The summed E-state index contributed by atoms with van der Waals surface area (Å²) in [6.07, 6.45) is 0.